The van der Waals surface area contributed by atoms with Crippen molar-refractivity contribution in [3.63, 3.8) is 0 Å². The molecule has 0 aliphatic carbocycles. The van der Waals surface area contributed by atoms with Crippen LogP contribution in [-0.4, -0.2) is 24.3 Å². The lowest BCUT2D eigenvalue weighted by atomic mass is 10.1. The summed E-state index contributed by atoms with van der Waals surface area (Å²) in [5.41, 5.74) is 0.466. The Morgan fingerprint density at radius 3 is 2.48 bits per heavy atom. The van der Waals surface area contributed by atoms with Crippen molar-refractivity contribution in [3.05, 3.63) is 54.3 Å². The molecule has 2 aromatic carbocycles. The van der Waals surface area contributed by atoms with Crippen molar-refractivity contribution >= 4 is 5.69 Å². The number of nitrogens with zero attached hydrogens (tertiary/aromatic N) is 1. The number of phenols is 1. The number of phenolic OH excluding ortho intramolecular Hbond substituents is 1. The number of hydrogen-bond acceptors (Lipinski definition) is 3. The van der Waals surface area contributed by atoms with Crippen LogP contribution in [0.5, 0.6) is 11.5 Å². The molecule has 21 heavy (non-hydrogen) atoms. The third kappa shape index (κ3) is 3.27. The highest BCUT2D eigenvalue weighted by molar-refractivity contribution is 5.52. The van der Waals surface area contributed by atoms with Gasteiger partial charge in [-0.2, -0.15) is 0 Å². The summed E-state index contributed by atoms with van der Waals surface area (Å²) in [6.07, 6.45) is 1.83. The van der Waals surface area contributed by atoms with E-state index in [1.165, 1.54) is 18.2 Å². The van der Waals surface area contributed by atoms with Gasteiger partial charge < -0.3 is 14.7 Å². The van der Waals surface area contributed by atoms with Crippen LogP contribution < -0.4 is 9.64 Å². The highest BCUT2D eigenvalue weighted by Gasteiger charge is 2.22. The summed E-state index contributed by atoms with van der Waals surface area (Å²) in [4.78, 5) is 1.96. The topological polar surface area (TPSA) is 32.7 Å². The molecule has 1 aliphatic rings. The Hall–Kier alpha value is -2.23. The van der Waals surface area contributed by atoms with Crippen molar-refractivity contribution in [2.75, 3.05) is 18.0 Å². The van der Waals surface area contributed by atoms with Gasteiger partial charge >= 0.3 is 0 Å². The average molecular weight is 287 g/mol. The number of anilines is 1. The molecule has 0 bridgehead atoms. The molecule has 4 heteroatoms. The molecule has 1 N–H and O–H groups in total. The Morgan fingerprint density at radius 2 is 1.76 bits per heavy atom. The van der Waals surface area contributed by atoms with Crippen LogP contribution in [0.3, 0.4) is 0 Å². The van der Waals surface area contributed by atoms with Crippen LogP contribution >= 0.6 is 0 Å². The van der Waals surface area contributed by atoms with Crippen molar-refractivity contribution in [3.8, 4) is 11.5 Å². The van der Waals surface area contributed by atoms with Gasteiger partial charge in [0.1, 0.15) is 23.4 Å². The van der Waals surface area contributed by atoms with Crippen molar-refractivity contribution in [2.24, 2.45) is 0 Å². The second-order valence-corrected chi connectivity index (χ2v) is 5.25. The van der Waals surface area contributed by atoms with Crippen LogP contribution in [0.1, 0.15) is 12.8 Å². The minimum atomic E-state index is -0.296. The molecule has 0 spiro atoms. The maximum Gasteiger partial charge on any atom is 0.146 e. The highest BCUT2D eigenvalue weighted by atomic mass is 19.1. The standard InChI is InChI=1S/C17H18FNO2/c18-16-7-6-13(20)12-17(16)19-10-8-15(9-11-19)21-14-4-2-1-3-5-14/h1-7,12,15,20H,8-11H2. The largest absolute Gasteiger partial charge is 0.508 e. The van der Waals surface area contributed by atoms with E-state index in [1.54, 1.807) is 0 Å². The van der Waals surface area contributed by atoms with E-state index in [0.29, 0.717) is 5.69 Å². The van der Waals surface area contributed by atoms with Gasteiger partial charge in [0.25, 0.3) is 0 Å². The lowest BCUT2D eigenvalue weighted by molar-refractivity contribution is 0.170. The normalized spacial score (nSPS) is 16.0. The van der Waals surface area contributed by atoms with E-state index in [0.717, 1.165) is 31.7 Å². The highest BCUT2D eigenvalue weighted by Crippen LogP contribution is 2.28. The van der Waals surface area contributed by atoms with Crippen LogP contribution in [0, 0.1) is 5.82 Å². The molecule has 1 fully saturated rings. The molecule has 0 atom stereocenters. The number of hydrogen-bond donors (Lipinski definition) is 1. The molecule has 0 saturated carbocycles. The fraction of sp³-hybridized carbons (Fsp3) is 0.294. The van der Waals surface area contributed by atoms with Crippen molar-refractivity contribution in [2.45, 2.75) is 18.9 Å². The maximum atomic E-state index is 13.8. The Kier molecular flexibility index (Phi) is 3.95. The van der Waals surface area contributed by atoms with Gasteiger partial charge in [-0.15, -0.1) is 0 Å². The molecule has 0 aromatic heterocycles. The number of piperidine rings is 1. The van der Waals surface area contributed by atoms with Crippen molar-refractivity contribution < 1.29 is 14.2 Å². The Balaban J connectivity index is 1.61. The summed E-state index contributed by atoms with van der Waals surface area (Å²) < 4.78 is 19.7. The predicted molar refractivity (Wildman–Crippen MR) is 80.4 cm³/mol. The van der Waals surface area contributed by atoms with Gasteiger partial charge in [0.05, 0.1) is 5.69 Å². The summed E-state index contributed by atoms with van der Waals surface area (Å²) >= 11 is 0. The second kappa shape index (κ2) is 6.04. The minimum Gasteiger partial charge on any atom is -0.508 e. The number of halogens is 1. The zero-order chi connectivity index (χ0) is 14.7. The lowest BCUT2D eigenvalue weighted by Gasteiger charge is -2.33. The zero-order valence-electron chi connectivity index (χ0n) is 11.7. The number of aromatic hydroxyl groups is 1. The summed E-state index contributed by atoms with van der Waals surface area (Å²) in [6, 6.07) is 13.9. The van der Waals surface area contributed by atoms with Gasteiger partial charge in [-0.1, -0.05) is 18.2 Å². The van der Waals surface area contributed by atoms with Crippen LogP contribution in [0.15, 0.2) is 48.5 Å². The van der Waals surface area contributed by atoms with E-state index in [4.69, 9.17) is 4.74 Å². The van der Waals surface area contributed by atoms with Crippen LogP contribution in [0.4, 0.5) is 10.1 Å². The molecular formula is C17H18FNO2. The molecule has 0 unspecified atom stereocenters. The fourth-order valence-electron chi connectivity index (χ4n) is 2.65. The Morgan fingerprint density at radius 1 is 1.05 bits per heavy atom. The van der Waals surface area contributed by atoms with Gasteiger partial charge in [0.2, 0.25) is 0 Å². The van der Waals surface area contributed by atoms with E-state index in [9.17, 15) is 9.50 Å². The molecular weight excluding hydrogens is 269 g/mol. The van der Waals surface area contributed by atoms with Crippen molar-refractivity contribution in [1.82, 2.24) is 0 Å². The van der Waals surface area contributed by atoms with Gasteiger partial charge in [-0.3, -0.25) is 0 Å². The van der Waals surface area contributed by atoms with Gasteiger partial charge in [-0.25, -0.2) is 4.39 Å². The van der Waals surface area contributed by atoms with Gasteiger partial charge in [0, 0.05) is 32.0 Å². The smallest absolute Gasteiger partial charge is 0.146 e. The monoisotopic (exact) mass is 287 g/mol. The van der Waals surface area contributed by atoms with E-state index < -0.39 is 0 Å². The summed E-state index contributed by atoms with van der Waals surface area (Å²) in [5.74, 6) is 0.670. The zero-order valence-corrected chi connectivity index (χ0v) is 11.7. The maximum absolute atomic E-state index is 13.8. The molecule has 1 aliphatic heterocycles. The Labute approximate surface area is 123 Å². The second-order valence-electron chi connectivity index (χ2n) is 5.25. The van der Waals surface area contributed by atoms with Crippen LogP contribution in [0.2, 0.25) is 0 Å². The van der Waals surface area contributed by atoms with E-state index in [1.807, 2.05) is 35.2 Å². The number of benzene rings is 2. The minimum absolute atomic E-state index is 0.0917. The molecule has 0 radical (unpaired) electrons. The molecule has 3 nitrogen and oxygen atoms in total. The first-order valence-electron chi connectivity index (χ1n) is 7.17. The summed E-state index contributed by atoms with van der Waals surface area (Å²) in [7, 11) is 0. The third-order valence-corrected chi connectivity index (χ3v) is 3.76. The molecule has 1 saturated heterocycles. The Bertz CT molecular complexity index is 595. The number of para-hydroxylation sites is 1. The van der Waals surface area contributed by atoms with E-state index >= 15 is 0 Å². The average Bonchev–Trinajstić information content (AvgIpc) is 2.52. The molecule has 3 rings (SSSR count). The first-order chi connectivity index (χ1) is 10.2. The van der Waals surface area contributed by atoms with E-state index in [2.05, 4.69) is 0 Å². The number of ether oxygens (including phenoxy) is 1. The molecule has 110 valence electrons. The van der Waals surface area contributed by atoms with Crippen LogP contribution in [-0.2, 0) is 0 Å². The molecule has 1 heterocycles. The number of rotatable bonds is 3. The van der Waals surface area contributed by atoms with Crippen molar-refractivity contribution in [1.29, 1.82) is 0 Å². The first kappa shape index (κ1) is 13.7. The first-order valence-corrected chi connectivity index (χ1v) is 7.17. The van der Waals surface area contributed by atoms with Gasteiger partial charge in [-0.05, 0) is 24.3 Å². The fourth-order valence-corrected chi connectivity index (χ4v) is 2.65. The quantitative estimate of drug-likeness (QED) is 0.936. The predicted octanol–water partition coefficient (Wildman–Crippen LogP) is 3.58. The molecule has 2 aromatic rings. The van der Waals surface area contributed by atoms with E-state index in [-0.39, 0.29) is 17.7 Å². The molecule has 0 amide bonds. The summed E-state index contributed by atoms with van der Waals surface area (Å²) in [5, 5.41) is 9.50. The third-order valence-electron chi connectivity index (χ3n) is 3.76. The summed E-state index contributed by atoms with van der Waals surface area (Å²) in [6.45, 7) is 1.44. The lowest BCUT2D eigenvalue weighted by Crippen LogP contribution is -2.38. The van der Waals surface area contributed by atoms with Crippen LogP contribution in [0.25, 0.3) is 0 Å². The van der Waals surface area contributed by atoms with Gasteiger partial charge in [0.15, 0.2) is 0 Å². The SMILES string of the molecule is Oc1ccc(F)c(N2CCC(Oc3ccccc3)CC2)c1.